The molecule has 2 rings (SSSR count). The Morgan fingerprint density at radius 3 is 2.32 bits per heavy atom. The van der Waals surface area contributed by atoms with Gasteiger partial charge in [-0.2, -0.15) is 0 Å². The highest BCUT2D eigenvalue weighted by atomic mass is 32.1. The molecule has 0 atom stereocenters. The predicted octanol–water partition coefficient (Wildman–Crippen LogP) is 2.49. The smallest absolute Gasteiger partial charge is 0.179 e. The summed E-state index contributed by atoms with van der Waals surface area (Å²) in [6.45, 7) is 5.25. The van der Waals surface area contributed by atoms with Crippen LogP contribution in [0.4, 0.5) is 0 Å². The van der Waals surface area contributed by atoms with Gasteiger partial charge in [-0.1, -0.05) is 13.8 Å². The molecule has 102 valence electrons. The van der Waals surface area contributed by atoms with Gasteiger partial charge in [-0.3, -0.25) is 0 Å². The molecule has 0 bridgehead atoms. The molecule has 0 aliphatic rings. The topological polar surface area (TPSA) is 50.7 Å². The maximum absolute atomic E-state index is 4.70. The van der Waals surface area contributed by atoms with Crippen molar-refractivity contribution >= 4 is 11.3 Å². The van der Waals surface area contributed by atoms with E-state index in [9.17, 15) is 0 Å². The van der Waals surface area contributed by atoms with Gasteiger partial charge in [-0.05, 0) is 38.4 Å². The number of likely N-dealkylation sites (N-methyl/N-ethyl adjacent to an activating group) is 1. The number of thiazole rings is 1. The molecule has 2 heterocycles. The van der Waals surface area contributed by atoms with Crippen LogP contribution >= 0.6 is 11.3 Å². The molecule has 0 saturated carbocycles. The van der Waals surface area contributed by atoms with Crippen LogP contribution in [0.25, 0.3) is 11.5 Å². The Balaban J connectivity index is 2.45. The predicted molar refractivity (Wildman–Crippen MR) is 79.5 cm³/mol. The van der Waals surface area contributed by atoms with E-state index in [4.69, 9.17) is 9.97 Å². The standard InChI is InChI=1S/C14H20N4S/c1-4-11-10(6-7-15-3)12(5-2)18-14(17-11)13-8-19-9-16-13/h8-9,15H,4-7H2,1-3H3. The Morgan fingerprint density at radius 2 is 1.84 bits per heavy atom. The van der Waals surface area contributed by atoms with Gasteiger partial charge in [0.05, 0.1) is 5.51 Å². The molecular formula is C14H20N4S. The summed E-state index contributed by atoms with van der Waals surface area (Å²) in [4.78, 5) is 13.7. The molecule has 4 nitrogen and oxygen atoms in total. The minimum absolute atomic E-state index is 0.767. The van der Waals surface area contributed by atoms with E-state index in [1.165, 1.54) is 5.56 Å². The fraction of sp³-hybridized carbons (Fsp3) is 0.500. The molecule has 0 saturated heterocycles. The van der Waals surface area contributed by atoms with E-state index in [0.29, 0.717) is 0 Å². The molecule has 0 aliphatic heterocycles. The first-order valence-corrected chi connectivity index (χ1v) is 7.66. The van der Waals surface area contributed by atoms with Crippen LogP contribution < -0.4 is 5.32 Å². The summed E-state index contributed by atoms with van der Waals surface area (Å²) in [5.74, 6) is 0.767. The third kappa shape index (κ3) is 3.16. The number of hydrogen-bond acceptors (Lipinski definition) is 5. The number of rotatable bonds is 6. The average molecular weight is 276 g/mol. The molecule has 2 aromatic heterocycles. The SMILES string of the molecule is CCc1nc(-c2cscn2)nc(CC)c1CCNC. The second kappa shape index (κ2) is 6.73. The summed E-state index contributed by atoms with van der Waals surface area (Å²) < 4.78 is 0. The molecule has 5 heteroatoms. The van der Waals surface area contributed by atoms with Crippen LogP contribution in [0.5, 0.6) is 0 Å². The Labute approximate surface area is 118 Å². The van der Waals surface area contributed by atoms with Crippen molar-refractivity contribution in [2.24, 2.45) is 0 Å². The van der Waals surface area contributed by atoms with Crippen molar-refractivity contribution in [3.8, 4) is 11.5 Å². The van der Waals surface area contributed by atoms with Crippen molar-refractivity contribution in [1.82, 2.24) is 20.3 Å². The number of hydrogen-bond donors (Lipinski definition) is 1. The van der Waals surface area contributed by atoms with E-state index in [2.05, 4.69) is 24.1 Å². The van der Waals surface area contributed by atoms with E-state index in [1.54, 1.807) is 11.3 Å². The highest BCUT2D eigenvalue weighted by Crippen LogP contribution is 2.20. The van der Waals surface area contributed by atoms with Crippen LogP contribution in [0.15, 0.2) is 10.9 Å². The molecule has 0 amide bonds. The molecule has 0 radical (unpaired) electrons. The van der Waals surface area contributed by atoms with E-state index in [0.717, 1.165) is 48.7 Å². The lowest BCUT2D eigenvalue weighted by Gasteiger charge is -2.13. The summed E-state index contributed by atoms with van der Waals surface area (Å²) in [5, 5.41) is 5.20. The van der Waals surface area contributed by atoms with E-state index < -0.39 is 0 Å². The summed E-state index contributed by atoms with van der Waals surface area (Å²) in [5.41, 5.74) is 6.33. The van der Waals surface area contributed by atoms with Crippen molar-refractivity contribution in [3.63, 3.8) is 0 Å². The summed E-state index contributed by atoms with van der Waals surface area (Å²) in [6.07, 6.45) is 2.86. The number of aryl methyl sites for hydroxylation is 2. The third-order valence-corrected chi connectivity index (χ3v) is 3.72. The molecule has 19 heavy (non-hydrogen) atoms. The van der Waals surface area contributed by atoms with Gasteiger partial charge in [0.15, 0.2) is 5.82 Å². The van der Waals surface area contributed by atoms with E-state index in [-0.39, 0.29) is 0 Å². The van der Waals surface area contributed by atoms with Gasteiger partial charge in [-0.25, -0.2) is 15.0 Å². The van der Waals surface area contributed by atoms with Crippen LogP contribution in [-0.4, -0.2) is 28.5 Å². The van der Waals surface area contributed by atoms with Crippen molar-refractivity contribution in [3.05, 3.63) is 27.8 Å². The lowest BCUT2D eigenvalue weighted by atomic mass is 10.0. The van der Waals surface area contributed by atoms with E-state index in [1.807, 2.05) is 17.9 Å². The fourth-order valence-corrected chi connectivity index (χ4v) is 2.67. The van der Waals surface area contributed by atoms with Crippen molar-refractivity contribution in [1.29, 1.82) is 0 Å². The van der Waals surface area contributed by atoms with Crippen LogP contribution in [-0.2, 0) is 19.3 Å². The highest BCUT2D eigenvalue weighted by Gasteiger charge is 2.13. The van der Waals surface area contributed by atoms with Crippen molar-refractivity contribution < 1.29 is 0 Å². The van der Waals surface area contributed by atoms with E-state index >= 15 is 0 Å². The Morgan fingerprint density at radius 1 is 1.16 bits per heavy atom. The van der Waals surface area contributed by atoms with Gasteiger partial charge in [0.25, 0.3) is 0 Å². The zero-order chi connectivity index (χ0) is 13.7. The van der Waals surface area contributed by atoms with Crippen molar-refractivity contribution in [2.45, 2.75) is 33.1 Å². The highest BCUT2D eigenvalue weighted by molar-refractivity contribution is 7.07. The number of nitrogens with one attached hydrogen (secondary N) is 1. The Bertz CT molecular complexity index is 497. The molecule has 1 N–H and O–H groups in total. The first-order chi connectivity index (χ1) is 9.30. The summed E-state index contributed by atoms with van der Waals surface area (Å²) in [6, 6.07) is 0. The Hall–Kier alpha value is -1.33. The van der Waals surface area contributed by atoms with Gasteiger partial charge in [0, 0.05) is 16.8 Å². The number of aromatic nitrogens is 3. The maximum Gasteiger partial charge on any atom is 0.179 e. The normalized spacial score (nSPS) is 10.9. The Kier molecular flexibility index (Phi) is 4.99. The lowest BCUT2D eigenvalue weighted by Crippen LogP contribution is -2.15. The second-order valence-corrected chi connectivity index (χ2v) is 5.07. The number of nitrogens with zero attached hydrogens (tertiary/aromatic N) is 3. The zero-order valence-corrected chi connectivity index (χ0v) is 12.5. The average Bonchev–Trinajstić information content (AvgIpc) is 2.98. The summed E-state index contributed by atoms with van der Waals surface area (Å²) >= 11 is 1.58. The van der Waals surface area contributed by atoms with Crippen LogP contribution in [0.1, 0.15) is 30.8 Å². The minimum atomic E-state index is 0.767. The third-order valence-electron chi connectivity index (χ3n) is 3.13. The van der Waals surface area contributed by atoms with Crippen LogP contribution in [0.2, 0.25) is 0 Å². The zero-order valence-electron chi connectivity index (χ0n) is 11.7. The molecular weight excluding hydrogens is 256 g/mol. The summed E-state index contributed by atoms with van der Waals surface area (Å²) in [7, 11) is 1.97. The van der Waals surface area contributed by atoms with Crippen LogP contribution in [0.3, 0.4) is 0 Å². The molecule has 0 aliphatic carbocycles. The molecule has 0 unspecified atom stereocenters. The van der Waals surface area contributed by atoms with Crippen LogP contribution in [0, 0.1) is 0 Å². The second-order valence-electron chi connectivity index (χ2n) is 4.35. The largest absolute Gasteiger partial charge is 0.319 e. The maximum atomic E-state index is 4.70. The minimum Gasteiger partial charge on any atom is -0.319 e. The molecule has 2 aromatic rings. The van der Waals surface area contributed by atoms with Gasteiger partial charge in [0.2, 0.25) is 0 Å². The first kappa shape index (κ1) is 14.1. The first-order valence-electron chi connectivity index (χ1n) is 6.71. The van der Waals surface area contributed by atoms with Crippen molar-refractivity contribution in [2.75, 3.05) is 13.6 Å². The molecule has 0 aromatic carbocycles. The fourth-order valence-electron chi connectivity index (χ4n) is 2.14. The molecule has 0 fully saturated rings. The van der Waals surface area contributed by atoms with Gasteiger partial charge in [0.1, 0.15) is 5.69 Å². The lowest BCUT2D eigenvalue weighted by molar-refractivity contribution is 0.760. The van der Waals surface area contributed by atoms with Gasteiger partial charge >= 0.3 is 0 Å². The molecule has 0 spiro atoms. The van der Waals surface area contributed by atoms with Gasteiger partial charge in [-0.15, -0.1) is 11.3 Å². The van der Waals surface area contributed by atoms with Gasteiger partial charge < -0.3 is 5.32 Å². The quantitative estimate of drug-likeness (QED) is 0.880. The monoisotopic (exact) mass is 276 g/mol.